The van der Waals surface area contributed by atoms with Crippen molar-refractivity contribution in [3.8, 4) is 0 Å². The Bertz CT molecular complexity index is 545. The molecule has 0 radical (unpaired) electrons. The Labute approximate surface area is 265 Å². The highest BCUT2D eigenvalue weighted by atomic mass is 32.3. The van der Waals surface area contributed by atoms with Crippen LogP contribution in [0, 0.1) is 0 Å². The molecule has 0 aliphatic rings. The van der Waals surface area contributed by atoms with Crippen molar-refractivity contribution in [3.63, 3.8) is 0 Å². The molecule has 0 unspecified atom stereocenters. The molecule has 0 rings (SSSR count). The summed E-state index contributed by atoms with van der Waals surface area (Å²) in [6, 6.07) is 0. The molecule has 1 N–H and O–H groups in total. The third kappa shape index (κ3) is 46.8. The second-order valence-electron chi connectivity index (χ2n) is 12.4. The summed E-state index contributed by atoms with van der Waals surface area (Å²) < 4.78 is 38.8. The van der Waals surface area contributed by atoms with Crippen LogP contribution in [-0.2, 0) is 19.3 Å². The maximum atomic E-state index is 10.2. The zero-order valence-corrected chi connectivity index (χ0v) is 29.6. The molecule has 0 saturated carbocycles. The summed E-state index contributed by atoms with van der Waals surface area (Å²) in [6.07, 6.45) is 40.0. The van der Waals surface area contributed by atoms with Gasteiger partial charge < -0.3 is 4.74 Å². The molecule has 6 heteroatoms. The molecule has 0 bridgehead atoms. The van der Waals surface area contributed by atoms with Crippen LogP contribution in [0.4, 0.5) is 0 Å². The van der Waals surface area contributed by atoms with Gasteiger partial charge in [0.05, 0.1) is 6.61 Å². The molecule has 0 spiro atoms. The number of hydrogen-bond acceptors (Lipinski definition) is 4. The van der Waals surface area contributed by atoms with E-state index < -0.39 is 10.4 Å². The first-order chi connectivity index (χ1) is 20.5. The van der Waals surface area contributed by atoms with Crippen molar-refractivity contribution in [2.75, 3.05) is 19.8 Å². The van der Waals surface area contributed by atoms with Crippen molar-refractivity contribution in [1.82, 2.24) is 0 Å². The summed E-state index contributed by atoms with van der Waals surface area (Å²) in [6.45, 7) is 8.88. The first-order valence-electron chi connectivity index (χ1n) is 18.7. The lowest BCUT2D eigenvalue weighted by atomic mass is 10.1. The first-order valence-corrected chi connectivity index (χ1v) is 20.0. The number of ether oxygens (including phenoxy) is 1. The van der Waals surface area contributed by atoms with E-state index in [0.717, 1.165) is 26.1 Å². The molecule has 0 fully saturated rings. The molecule has 0 aromatic rings. The highest BCUT2D eigenvalue weighted by Gasteiger charge is 2.02. The second-order valence-corrected chi connectivity index (χ2v) is 13.5. The van der Waals surface area contributed by atoms with Gasteiger partial charge in [0.2, 0.25) is 0 Å². The standard InChI is InChI=1S/C24H50O.C12H26O4S/c1-3-5-7-9-11-13-15-17-19-21-23-25-24-22-20-18-16-14-12-10-8-6-4-2;1-2-3-4-5-6-7-8-9-10-11-12-16-17(13,14)15/h3-24H2,1-2H3;2-12H2,1H3,(H,13,14,15). The van der Waals surface area contributed by atoms with E-state index in [1.54, 1.807) is 0 Å². The molecule has 0 amide bonds. The van der Waals surface area contributed by atoms with E-state index in [9.17, 15) is 8.42 Å². The summed E-state index contributed by atoms with van der Waals surface area (Å²) in [5, 5.41) is 0. The van der Waals surface area contributed by atoms with Crippen LogP contribution in [0.5, 0.6) is 0 Å². The van der Waals surface area contributed by atoms with Crippen molar-refractivity contribution < 1.29 is 21.9 Å². The second kappa shape index (κ2) is 38.9. The predicted molar refractivity (Wildman–Crippen MR) is 184 cm³/mol. The van der Waals surface area contributed by atoms with Crippen molar-refractivity contribution in [3.05, 3.63) is 0 Å². The van der Waals surface area contributed by atoms with Crippen LogP contribution in [0.3, 0.4) is 0 Å². The monoisotopic (exact) mass is 621 g/mol. The fraction of sp³-hybridized carbons (Fsp3) is 1.00. The zero-order valence-electron chi connectivity index (χ0n) is 28.8. The van der Waals surface area contributed by atoms with Crippen LogP contribution in [0.25, 0.3) is 0 Å². The quantitative estimate of drug-likeness (QED) is 0.0572. The van der Waals surface area contributed by atoms with E-state index in [0.29, 0.717) is 6.42 Å². The topological polar surface area (TPSA) is 72.8 Å². The molecule has 0 aromatic heterocycles. The smallest absolute Gasteiger partial charge is 0.381 e. The Morgan fingerprint density at radius 3 is 0.810 bits per heavy atom. The van der Waals surface area contributed by atoms with Crippen LogP contribution < -0.4 is 0 Å². The summed E-state index contributed by atoms with van der Waals surface area (Å²) >= 11 is 0. The first kappa shape index (κ1) is 44.0. The van der Waals surface area contributed by atoms with E-state index in [1.807, 2.05) is 0 Å². The summed E-state index contributed by atoms with van der Waals surface area (Å²) in [4.78, 5) is 0. The molecule has 0 heterocycles. The van der Waals surface area contributed by atoms with Crippen LogP contribution in [0.1, 0.15) is 213 Å². The maximum absolute atomic E-state index is 10.2. The SMILES string of the molecule is CCCCCCCCCCCCOCCCCCCCCCCCC.CCCCCCCCCCCCOS(=O)(=O)O. The highest BCUT2D eigenvalue weighted by Crippen LogP contribution is 2.13. The molecule has 0 aliphatic carbocycles. The van der Waals surface area contributed by atoms with E-state index >= 15 is 0 Å². The van der Waals surface area contributed by atoms with Crippen molar-refractivity contribution in [2.45, 2.75) is 213 Å². The minimum absolute atomic E-state index is 0.0926. The van der Waals surface area contributed by atoms with Crippen molar-refractivity contribution in [1.29, 1.82) is 0 Å². The average Bonchev–Trinajstić information content (AvgIpc) is 2.96. The van der Waals surface area contributed by atoms with Gasteiger partial charge in [-0.25, -0.2) is 4.18 Å². The predicted octanol–water partition coefficient (Wildman–Crippen LogP) is 12.6. The van der Waals surface area contributed by atoms with Gasteiger partial charge in [-0.2, -0.15) is 8.42 Å². The molecule has 256 valence electrons. The van der Waals surface area contributed by atoms with Crippen molar-refractivity contribution in [2.24, 2.45) is 0 Å². The molecule has 5 nitrogen and oxygen atoms in total. The van der Waals surface area contributed by atoms with Crippen LogP contribution in [0.2, 0.25) is 0 Å². The Morgan fingerprint density at radius 1 is 0.357 bits per heavy atom. The largest absolute Gasteiger partial charge is 0.397 e. The molecule has 42 heavy (non-hydrogen) atoms. The summed E-state index contributed by atoms with van der Waals surface area (Å²) in [7, 11) is -4.23. The number of hydrogen-bond donors (Lipinski definition) is 1. The lowest BCUT2D eigenvalue weighted by Gasteiger charge is -2.05. The van der Waals surface area contributed by atoms with Gasteiger partial charge in [-0.15, -0.1) is 0 Å². The van der Waals surface area contributed by atoms with Crippen LogP contribution >= 0.6 is 0 Å². The number of unbranched alkanes of at least 4 members (excludes halogenated alkanes) is 27. The minimum atomic E-state index is -4.23. The average molecular weight is 621 g/mol. The summed E-state index contributed by atoms with van der Waals surface area (Å²) in [5.41, 5.74) is 0. The van der Waals surface area contributed by atoms with E-state index in [2.05, 4.69) is 25.0 Å². The molecular formula is C36H76O5S. The van der Waals surface area contributed by atoms with Crippen LogP contribution in [0.15, 0.2) is 0 Å². The minimum Gasteiger partial charge on any atom is -0.381 e. The van der Waals surface area contributed by atoms with Gasteiger partial charge in [0.15, 0.2) is 0 Å². The Hall–Kier alpha value is -0.170. The zero-order chi connectivity index (χ0) is 31.2. The maximum Gasteiger partial charge on any atom is 0.397 e. The lowest BCUT2D eigenvalue weighted by molar-refractivity contribution is 0.125. The summed E-state index contributed by atoms with van der Waals surface area (Å²) in [5.74, 6) is 0. The molecule has 0 atom stereocenters. The van der Waals surface area contributed by atoms with E-state index in [1.165, 1.54) is 173 Å². The fourth-order valence-corrected chi connectivity index (χ4v) is 5.57. The van der Waals surface area contributed by atoms with E-state index in [4.69, 9.17) is 9.29 Å². The molecule has 0 aliphatic heterocycles. The third-order valence-corrected chi connectivity index (χ3v) is 8.48. The van der Waals surface area contributed by atoms with Gasteiger partial charge in [-0.1, -0.05) is 194 Å². The lowest BCUT2D eigenvalue weighted by Crippen LogP contribution is -2.04. The fourth-order valence-electron chi connectivity index (χ4n) is 5.24. The number of rotatable bonds is 34. The van der Waals surface area contributed by atoms with E-state index in [-0.39, 0.29) is 6.61 Å². The van der Waals surface area contributed by atoms with Gasteiger partial charge in [-0.3, -0.25) is 4.55 Å². The Balaban J connectivity index is 0. The molecule has 0 saturated heterocycles. The third-order valence-electron chi connectivity index (χ3n) is 8.01. The molecule has 0 aromatic carbocycles. The Morgan fingerprint density at radius 2 is 0.571 bits per heavy atom. The van der Waals surface area contributed by atoms with Gasteiger partial charge in [0, 0.05) is 13.2 Å². The van der Waals surface area contributed by atoms with Crippen LogP contribution in [-0.4, -0.2) is 32.8 Å². The highest BCUT2D eigenvalue weighted by molar-refractivity contribution is 7.80. The van der Waals surface area contributed by atoms with Gasteiger partial charge in [-0.05, 0) is 19.3 Å². The normalized spacial score (nSPS) is 11.5. The molecular weight excluding hydrogens is 544 g/mol. The van der Waals surface area contributed by atoms with Gasteiger partial charge >= 0.3 is 10.4 Å². The van der Waals surface area contributed by atoms with Gasteiger partial charge in [0.1, 0.15) is 0 Å². The van der Waals surface area contributed by atoms with Crippen molar-refractivity contribution >= 4 is 10.4 Å². The van der Waals surface area contributed by atoms with Gasteiger partial charge in [0.25, 0.3) is 0 Å². The Kier molecular flexibility index (Phi) is 40.7.